The predicted molar refractivity (Wildman–Crippen MR) is 95.0 cm³/mol. The molecule has 0 saturated heterocycles. The lowest BCUT2D eigenvalue weighted by Gasteiger charge is -1.95. The topological polar surface area (TPSA) is 65.0 Å². The number of oxazole rings is 1. The fraction of sp³-hybridized carbons (Fsp3) is 0.105. The molecule has 4 rings (SSSR count). The van der Waals surface area contributed by atoms with Crippen LogP contribution in [-0.4, -0.2) is 15.2 Å². The number of hydrogen-bond donors (Lipinski definition) is 0. The van der Waals surface area contributed by atoms with Gasteiger partial charge in [0.1, 0.15) is 6.26 Å². The Hall–Kier alpha value is -2.86. The van der Waals surface area contributed by atoms with Gasteiger partial charge in [0.15, 0.2) is 0 Å². The molecule has 0 aliphatic rings. The Morgan fingerprint density at radius 1 is 0.880 bits per heavy atom. The van der Waals surface area contributed by atoms with Crippen LogP contribution in [0.2, 0.25) is 0 Å². The molecule has 4 aromatic rings. The second-order valence-electron chi connectivity index (χ2n) is 5.42. The van der Waals surface area contributed by atoms with E-state index in [1.807, 2.05) is 60.7 Å². The Labute approximate surface area is 149 Å². The summed E-state index contributed by atoms with van der Waals surface area (Å²) in [6, 6.07) is 19.9. The maximum Gasteiger partial charge on any atom is 0.276 e. The lowest BCUT2D eigenvalue weighted by Crippen LogP contribution is -1.87. The Morgan fingerprint density at radius 2 is 1.64 bits per heavy atom. The summed E-state index contributed by atoms with van der Waals surface area (Å²) in [6.45, 7) is 0. The molecule has 0 amide bonds. The summed E-state index contributed by atoms with van der Waals surface area (Å²) < 4.78 is 11.2. The van der Waals surface area contributed by atoms with Crippen molar-refractivity contribution in [3.05, 3.63) is 84.1 Å². The zero-order chi connectivity index (χ0) is 16.9. The zero-order valence-corrected chi connectivity index (χ0v) is 14.1. The van der Waals surface area contributed by atoms with E-state index in [1.54, 1.807) is 6.26 Å². The molecule has 0 spiro atoms. The minimum absolute atomic E-state index is 0.537. The van der Waals surface area contributed by atoms with Crippen molar-refractivity contribution in [1.29, 1.82) is 0 Å². The third-order valence-corrected chi connectivity index (χ3v) is 4.41. The molecule has 0 aliphatic heterocycles. The van der Waals surface area contributed by atoms with E-state index in [2.05, 4.69) is 15.2 Å². The van der Waals surface area contributed by atoms with Gasteiger partial charge in [0, 0.05) is 11.3 Å². The fourth-order valence-electron chi connectivity index (χ4n) is 2.36. The normalized spacial score (nSPS) is 10.9. The lowest BCUT2D eigenvalue weighted by atomic mass is 10.2. The summed E-state index contributed by atoms with van der Waals surface area (Å²) in [7, 11) is 0. The maximum absolute atomic E-state index is 5.68. The van der Waals surface area contributed by atoms with Crippen molar-refractivity contribution >= 4 is 11.8 Å². The van der Waals surface area contributed by atoms with Gasteiger partial charge in [0.25, 0.3) is 5.22 Å². The van der Waals surface area contributed by atoms with Crippen molar-refractivity contribution < 1.29 is 8.83 Å². The molecule has 0 aliphatic carbocycles. The van der Waals surface area contributed by atoms with Crippen molar-refractivity contribution in [3.8, 4) is 11.5 Å². The minimum Gasteiger partial charge on any atom is -0.444 e. The van der Waals surface area contributed by atoms with E-state index < -0.39 is 0 Å². The molecule has 0 radical (unpaired) electrons. The summed E-state index contributed by atoms with van der Waals surface area (Å²) in [6.07, 6.45) is 2.30. The first-order chi connectivity index (χ1) is 12.4. The van der Waals surface area contributed by atoms with E-state index >= 15 is 0 Å². The molecular formula is C19H15N3O2S. The van der Waals surface area contributed by atoms with Gasteiger partial charge in [-0.05, 0) is 17.7 Å². The minimum atomic E-state index is 0.537. The molecule has 2 heterocycles. The standard InChI is InChI=1S/C19H15N3O2S/c1-3-7-14(8-4-1)11-17-21-22-19(24-17)25-13-16-12-23-18(20-16)15-9-5-2-6-10-15/h1-10,12H,11,13H2. The van der Waals surface area contributed by atoms with Crippen molar-refractivity contribution in [3.63, 3.8) is 0 Å². The molecule has 124 valence electrons. The summed E-state index contributed by atoms with van der Waals surface area (Å²) in [5.41, 5.74) is 2.94. The quantitative estimate of drug-likeness (QED) is 0.474. The number of rotatable bonds is 6. The zero-order valence-electron chi connectivity index (χ0n) is 13.3. The maximum atomic E-state index is 5.68. The van der Waals surface area contributed by atoms with E-state index in [4.69, 9.17) is 8.83 Å². The third kappa shape index (κ3) is 3.97. The molecule has 0 fully saturated rings. The van der Waals surface area contributed by atoms with Crippen LogP contribution in [-0.2, 0) is 12.2 Å². The van der Waals surface area contributed by atoms with Crippen molar-refractivity contribution in [2.75, 3.05) is 0 Å². The van der Waals surface area contributed by atoms with Gasteiger partial charge in [-0.15, -0.1) is 10.2 Å². The van der Waals surface area contributed by atoms with Crippen LogP contribution in [0.15, 0.2) is 81.0 Å². The molecular weight excluding hydrogens is 334 g/mol. The molecule has 0 unspecified atom stereocenters. The first-order valence-corrected chi connectivity index (χ1v) is 8.84. The lowest BCUT2D eigenvalue weighted by molar-refractivity contribution is 0.420. The molecule has 0 atom stereocenters. The van der Waals surface area contributed by atoms with Gasteiger partial charge in [0.05, 0.1) is 12.1 Å². The first kappa shape index (κ1) is 15.7. The first-order valence-electron chi connectivity index (χ1n) is 7.86. The highest BCUT2D eigenvalue weighted by molar-refractivity contribution is 7.98. The predicted octanol–water partition coefficient (Wildman–Crippen LogP) is 4.61. The van der Waals surface area contributed by atoms with E-state index in [1.165, 1.54) is 11.8 Å². The third-order valence-electron chi connectivity index (χ3n) is 3.56. The summed E-state index contributed by atoms with van der Waals surface area (Å²) in [4.78, 5) is 4.49. The van der Waals surface area contributed by atoms with Crippen LogP contribution in [0.3, 0.4) is 0 Å². The second-order valence-corrected chi connectivity index (χ2v) is 6.35. The van der Waals surface area contributed by atoms with Gasteiger partial charge < -0.3 is 8.83 Å². The average Bonchev–Trinajstić information content (AvgIpc) is 3.31. The number of hydrogen-bond acceptors (Lipinski definition) is 6. The van der Waals surface area contributed by atoms with Crippen LogP contribution in [0, 0.1) is 0 Å². The molecule has 2 aromatic carbocycles. The average molecular weight is 349 g/mol. The highest BCUT2D eigenvalue weighted by Gasteiger charge is 2.11. The number of benzene rings is 2. The number of aromatic nitrogens is 3. The van der Waals surface area contributed by atoms with E-state index in [-0.39, 0.29) is 0 Å². The summed E-state index contributed by atoms with van der Waals surface area (Å²) in [5, 5.41) is 8.71. The van der Waals surface area contributed by atoms with Crippen LogP contribution < -0.4 is 0 Å². The van der Waals surface area contributed by atoms with Gasteiger partial charge >= 0.3 is 0 Å². The van der Waals surface area contributed by atoms with Crippen LogP contribution in [0.1, 0.15) is 17.1 Å². The van der Waals surface area contributed by atoms with Gasteiger partial charge in [0.2, 0.25) is 11.8 Å². The monoisotopic (exact) mass is 349 g/mol. The van der Waals surface area contributed by atoms with Gasteiger partial charge in [-0.2, -0.15) is 0 Å². The number of thioether (sulfide) groups is 1. The van der Waals surface area contributed by atoms with E-state index in [9.17, 15) is 0 Å². The SMILES string of the molecule is c1ccc(Cc2nnc(SCc3coc(-c4ccccc4)n3)o2)cc1. The van der Waals surface area contributed by atoms with E-state index in [0.717, 1.165) is 16.8 Å². The Balaban J connectivity index is 1.37. The summed E-state index contributed by atoms with van der Waals surface area (Å²) >= 11 is 1.45. The molecule has 0 bridgehead atoms. The highest BCUT2D eigenvalue weighted by atomic mass is 32.2. The van der Waals surface area contributed by atoms with Crippen LogP contribution in [0.4, 0.5) is 0 Å². The second kappa shape index (κ2) is 7.36. The highest BCUT2D eigenvalue weighted by Crippen LogP contribution is 2.24. The van der Waals surface area contributed by atoms with Gasteiger partial charge in [-0.25, -0.2) is 4.98 Å². The van der Waals surface area contributed by atoms with Gasteiger partial charge in [-0.3, -0.25) is 0 Å². The molecule has 25 heavy (non-hydrogen) atoms. The molecule has 6 heteroatoms. The van der Waals surface area contributed by atoms with Gasteiger partial charge in [-0.1, -0.05) is 60.3 Å². The van der Waals surface area contributed by atoms with Crippen molar-refractivity contribution in [2.24, 2.45) is 0 Å². The molecule has 0 saturated carbocycles. The molecule has 0 N–H and O–H groups in total. The Bertz CT molecular complexity index is 935. The van der Waals surface area contributed by atoms with Crippen LogP contribution in [0.5, 0.6) is 0 Å². The van der Waals surface area contributed by atoms with Crippen molar-refractivity contribution in [2.45, 2.75) is 17.4 Å². The number of nitrogens with zero attached hydrogens (tertiary/aromatic N) is 3. The molecule has 5 nitrogen and oxygen atoms in total. The summed E-state index contributed by atoms with van der Waals surface area (Å²) in [5.74, 6) is 1.84. The van der Waals surface area contributed by atoms with E-state index in [0.29, 0.717) is 29.2 Å². The Morgan fingerprint density at radius 3 is 2.44 bits per heavy atom. The van der Waals surface area contributed by atoms with Crippen molar-refractivity contribution in [1.82, 2.24) is 15.2 Å². The largest absolute Gasteiger partial charge is 0.444 e. The molecule has 2 aromatic heterocycles. The smallest absolute Gasteiger partial charge is 0.276 e. The fourth-order valence-corrected chi connectivity index (χ4v) is 3.02. The van der Waals surface area contributed by atoms with Crippen LogP contribution in [0.25, 0.3) is 11.5 Å². The Kier molecular flexibility index (Phi) is 4.61. The van der Waals surface area contributed by atoms with Crippen LogP contribution >= 0.6 is 11.8 Å².